The molecule has 0 aliphatic carbocycles. The SMILES string of the molecule is CCCC1CC(N)(c2noc(C(F)(F)F)n2)CCO1. The molecule has 8 heteroatoms. The van der Waals surface area contributed by atoms with Gasteiger partial charge in [-0.05, 0) is 19.3 Å². The summed E-state index contributed by atoms with van der Waals surface area (Å²) in [6.07, 6.45) is -2.21. The molecule has 1 aromatic heterocycles. The van der Waals surface area contributed by atoms with E-state index in [4.69, 9.17) is 10.5 Å². The van der Waals surface area contributed by atoms with Crippen molar-refractivity contribution in [3.05, 3.63) is 11.7 Å². The van der Waals surface area contributed by atoms with E-state index in [1.54, 1.807) is 0 Å². The summed E-state index contributed by atoms with van der Waals surface area (Å²) in [6.45, 7) is 2.39. The molecule has 0 spiro atoms. The van der Waals surface area contributed by atoms with Gasteiger partial charge in [-0.2, -0.15) is 18.2 Å². The Morgan fingerprint density at radius 1 is 1.47 bits per heavy atom. The summed E-state index contributed by atoms with van der Waals surface area (Å²) in [6, 6.07) is 0. The van der Waals surface area contributed by atoms with Crippen molar-refractivity contribution in [2.24, 2.45) is 5.73 Å². The Labute approximate surface area is 108 Å². The number of hydrogen-bond donors (Lipinski definition) is 1. The first-order valence-electron chi connectivity index (χ1n) is 6.17. The molecule has 108 valence electrons. The second kappa shape index (κ2) is 5.09. The van der Waals surface area contributed by atoms with Crippen molar-refractivity contribution in [3.8, 4) is 0 Å². The van der Waals surface area contributed by atoms with Gasteiger partial charge < -0.3 is 15.0 Å². The molecule has 1 aliphatic heterocycles. The van der Waals surface area contributed by atoms with Crippen LogP contribution in [0.1, 0.15) is 44.3 Å². The zero-order valence-electron chi connectivity index (χ0n) is 10.5. The third-order valence-corrected chi connectivity index (χ3v) is 3.22. The lowest BCUT2D eigenvalue weighted by Crippen LogP contribution is -2.46. The second-order valence-corrected chi connectivity index (χ2v) is 4.81. The van der Waals surface area contributed by atoms with Crippen LogP contribution in [0.2, 0.25) is 0 Å². The highest BCUT2D eigenvalue weighted by Crippen LogP contribution is 2.34. The van der Waals surface area contributed by atoms with Crippen molar-refractivity contribution in [1.29, 1.82) is 0 Å². The topological polar surface area (TPSA) is 74.2 Å². The number of aromatic nitrogens is 2. The van der Waals surface area contributed by atoms with Gasteiger partial charge in [-0.1, -0.05) is 18.5 Å². The molecule has 1 aromatic rings. The van der Waals surface area contributed by atoms with Crippen LogP contribution in [-0.2, 0) is 16.5 Å². The molecular weight excluding hydrogens is 263 g/mol. The molecule has 0 bridgehead atoms. The standard InChI is InChI=1S/C11H16F3N3O2/c1-2-3-7-6-10(15,4-5-18-7)8-16-9(19-17-8)11(12,13)14/h7H,2-6,15H2,1H3. The molecule has 2 N–H and O–H groups in total. The Morgan fingerprint density at radius 3 is 2.79 bits per heavy atom. The highest BCUT2D eigenvalue weighted by molar-refractivity contribution is 5.07. The Kier molecular flexibility index (Phi) is 3.82. The minimum Gasteiger partial charge on any atom is -0.378 e. The van der Waals surface area contributed by atoms with E-state index in [1.807, 2.05) is 6.92 Å². The molecule has 19 heavy (non-hydrogen) atoms. The summed E-state index contributed by atoms with van der Waals surface area (Å²) >= 11 is 0. The number of alkyl halides is 3. The number of nitrogens with zero attached hydrogens (tertiary/aromatic N) is 2. The van der Waals surface area contributed by atoms with Crippen LogP contribution in [0.25, 0.3) is 0 Å². The van der Waals surface area contributed by atoms with Crippen molar-refractivity contribution < 1.29 is 22.4 Å². The summed E-state index contributed by atoms with van der Waals surface area (Å²) in [5, 5.41) is 3.39. The summed E-state index contributed by atoms with van der Waals surface area (Å²) in [5.41, 5.74) is 5.12. The van der Waals surface area contributed by atoms with Crippen LogP contribution in [0.15, 0.2) is 4.52 Å². The van der Waals surface area contributed by atoms with Gasteiger partial charge in [-0.25, -0.2) is 0 Å². The molecule has 2 atom stereocenters. The molecule has 0 radical (unpaired) electrons. The van der Waals surface area contributed by atoms with Crippen LogP contribution in [0.3, 0.4) is 0 Å². The number of ether oxygens (including phenoxy) is 1. The van der Waals surface area contributed by atoms with Gasteiger partial charge in [-0.15, -0.1) is 0 Å². The first-order valence-corrected chi connectivity index (χ1v) is 6.17. The van der Waals surface area contributed by atoms with Gasteiger partial charge in [0, 0.05) is 6.61 Å². The van der Waals surface area contributed by atoms with Gasteiger partial charge in [0.1, 0.15) is 0 Å². The van der Waals surface area contributed by atoms with E-state index in [1.165, 1.54) is 0 Å². The summed E-state index contributed by atoms with van der Waals surface area (Å²) in [4.78, 5) is 3.39. The predicted octanol–water partition coefficient (Wildman–Crippen LogP) is 2.22. The molecule has 5 nitrogen and oxygen atoms in total. The van der Waals surface area contributed by atoms with Gasteiger partial charge >= 0.3 is 12.1 Å². The van der Waals surface area contributed by atoms with E-state index in [0.717, 1.165) is 12.8 Å². The molecule has 2 unspecified atom stereocenters. The number of rotatable bonds is 3. The maximum absolute atomic E-state index is 12.4. The minimum absolute atomic E-state index is 0.0726. The highest BCUT2D eigenvalue weighted by Gasteiger charge is 2.43. The molecule has 2 rings (SSSR count). The number of nitrogens with two attached hydrogens (primary N) is 1. The van der Waals surface area contributed by atoms with Crippen LogP contribution in [0, 0.1) is 0 Å². The average molecular weight is 279 g/mol. The van der Waals surface area contributed by atoms with Crippen LogP contribution >= 0.6 is 0 Å². The van der Waals surface area contributed by atoms with Crippen molar-refractivity contribution in [3.63, 3.8) is 0 Å². The van der Waals surface area contributed by atoms with E-state index in [-0.39, 0.29) is 11.9 Å². The lowest BCUT2D eigenvalue weighted by Gasteiger charge is -2.35. The Morgan fingerprint density at radius 2 is 2.21 bits per heavy atom. The van der Waals surface area contributed by atoms with Gasteiger partial charge in [0.05, 0.1) is 11.6 Å². The minimum atomic E-state index is -4.64. The first kappa shape index (κ1) is 14.3. The Bertz CT molecular complexity index is 433. The molecule has 0 amide bonds. The fourth-order valence-electron chi connectivity index (χ4n) is 2.23. The average Bonchev–Trinajstić information content (AvgIpc) is 2.79. The van der Waals surface area contributed by atoms with Crippen LogP contribution in [-0.4, -0.2) is 22.9 Å². The fraction of sp³-hybridized carbons (Fsp3) is 0.818. The second-order valence-electron chi connectivity index (χ2n) is 4.81. The van der Waals surface area contributed by atoms with Crippen LogP contribution < -0.4 is 5.73 Å². The van der Waals surface area contributed by atoms with Gasteiger partial charge in [-0.3, -0.25) is 0 Å². The largest absolute Gasteiger partial charge is 0.471 e. The van der Waals surface area contributed by atoms with Crippen LogP contribution in [0.4, 0.5) is 13.2 Å². The monoisotopic (exact) mass is 279 g/mol. The van der Waals surface area contributed by atoms with E-state index in [2.05, 4.69) is 14.7 Å². The molecule has 1 fully saturated rings. The van der Waals surface area contributed by atoms with E-state index in [9.17, 15) is 13.2 Å². The maximum Gasteiger partial charge on any atom is 0.471 e. The lowest BCUT2D eigenvalue weighted by molar-refractivity contribution is -0.159. The quantitative estimate of drug-likeness (QED) is 0.918. The maximum atomic E-state index is 12.4. The van der Waals surface area contributed by atoms with Crippen molar-refractivity contribution in [2.45, 2.75) is 50.4 Å². The highest BCUT2D eigenvalue weighted by atomic mass is 19.4. The fourth-order valence-corrected chi connectivity index (χ4v) is 2.23. The van der Waals surface area contributed by atoms with E-state index >= 15 is 0 Å². The number of halogens is 3. The summed E-state index contributed by atoms with van der Waals surface area (Å²) in [5.74, 6) is -1.45. The first-order chi connectivity index (χ1) is 8.85. The van der Waals surface area contributed by atoms with Gasteiger partial charge in [0.15, 0.2) is 5.82 Å². The summed E-state index contributed by atoms with van der Waals surface area (Å²) < 4.78 is 47.0. The predicted molar refractivity (Wildman–Crippen MR) is 59.0 cm³/mol. The van der Waals surface area contributed by atoms with E-state index < -0.39 is 17.6 Å². The van der Waals surface area contributed by atoms with Crippen molar-refractivity contribution in [2.75, 3.05) is 6.61 Å². The Hall–Kier alpha value is -1.15. The molecular formula is C11H16F3N3O2. The zero-order chi connectivity index (χ0) is 14.1. The molecule has 1 saturated heterocycles. The van der Waals surface area contributed by atoms with Gasteiger partial charge in [0.25, 0.3) is 0 Å². The molecule has 2 heterocycles. The lowest BCUT2D eigenvalue weighted by atomic mass is 9.85. The van der Waals surface area contributed by atoms with Crippen molar-refractivity contribution >= 4 is 0 Å². The molecule has 1 aliphatic rings. The number of hydrogen-bond acceptors (Lipinski definition) is 5. The third-order valence-electron chi connectivity index (χ3n) is 3.22. The molecule has 0 aromatic carbocycles. The zero-order valence-corrected chi connectivity index (χ0v) is 10.5. The van der Waals surface area contributed by atoms with Crippen LogP contribution in [0.5, 0.6) is 0 Å². The third kappa shape index (κ3) is 3.06. The summed E-state index contributed by atoms with van der Waals surface area (Å²) in [7, 11) is 0. The molecule has 0 saturated carbocycles. The van der Waals surface area contributed by atoms with Gasteiger partial charge in [0.2, 0.25) is 0 Å². The van der Waals surface area contributed by atoms with E-state index in [0.29, 0.717) is 19.4 Å². The Balaban J connectivity index is 2.17. The smallest absolute Gasteiger partial charge is 0.378 e. The van der Waals surface area contributed by atoms with Crippen molar-refractivity contribution in [1.82, 2.24) is 10.1 Å². The normalized spacial score (nSPS) is 28.6.